The summed E-state index contributed by atoms with van der Waals surface area (Å²) in [4.78, 5) is 37.2. The Morgan fingerprint density at radius 2 is 1.80 bits per heavy atom. The number of carbonyl (C=O) groups is 2. The lowest BCUT2D eigenvalue weighted by Crippen LogP contribution is -2.23. The Labute approximate surface area is 199 Å². The number of rotatable bonds is 5. The van der Waals surface area contributed by atoms with Gasteiger partial charge in [-0.25, -0.2) is 4.79 Å². The number of benzene rings is 3. The van der Waals surface area contributed by atoms with Crippen molar-refractivity contribution in [1.82, 2.24) is 0 Å². The Hall–Kier alpha value is -4.59. The molecule has 0 saturated heterocycles. The smallest absolute Gasteiger partial charge is 0.343 e. The van der Waals surface area contributed by atoms with Crippen molar-refractivity contribution in [2.24, 2.45) is 0 Å². The first-order valence-electron chi connectivity index (χ1n) is 10.8. The zero-order chi connectivity index (χ0) is 24.5. The summed E-state index contributed by atoms with van der Waals surface area (Å²) in [5.41, 5.74) is 1.38. The van der Waals surface area contributed by atoms with E-state index in [4.69, 9.17) is 13.9 Å². The number of phenols is 1. The highest BCUT2D eigenvalue weighted by Gasteiger charge is 2.35. The third-order valence-electron chi connectivity index (χ3n) is 5.85. The minimum Gasteiger partial charge on any atom is -0.507 e. The molecule has 8 heteroatoms. The number of methoxy groups -OCH3 is 1. The minimum absolute atomic E-state index is 0.0145. The van der Waals surface area contributed by atoms with Crippen molar-refractivity contribution in [1.29, 1.82) is 0 Å². The lowest BCUT2D eigenvalue weighted by atomic mass is 9.84. The van der Waals surface area contributed by atoms with Crippen molar-refractivity contribution in [3.05, 3.63) is 88.1 Å². The fourth-order valence-corrected chi connectivity index (χ4v) is 4.26. The highest BCUT2D eigenvalue weighted by atomic mass is 16.6. The van der Waals surface area contributed by atoms with E-state index in [-0.39, 0.29) is 35.5 Å². The highest BCUT2D eigenvalue weighted by molar-refractivity contribution is 5.93. The molecule has 0 spiro atoms. The zero-order valence-corrected chi connectivity index (χ0v) is 18.6. The van der Waals surface area contributed by atoms with Crippen LogP contribution >= 0.6 is 0 Å². The predicted molar refractivity (Wildman–Crippen MR) is 126 cm³/mol. The van der Waals surface area contributed by atoms with Gasteiger partial charge in [0.25, 0.3) is 0 Å². The van der Waals surface area contributed by atoms with Gasteiger partial charge in [0.2, 0.25) is 0 Å². The molecule has 2 heterocycles. The molecule has 0 bridgehead atoms. The van der Waals surface area contributed by atoms with E-state index < -0.39 is 23.3 Å². The number of carbonyl (C=O) groups excluding carboxylic acids is 2. The van der Waals surface area contributed by atoms with Crippen LogP contribution in [-0.2, 0) is 14.3 Å². The molecule has 8 nitrogen and oxygen atoms in total. The van der Waals surface area contributed by atoms with Crippen LogP contribution in [0.5, 0.6) is 17.2 Å². The van der Waals surface area contributed by atoms with E-state index >= 15 is 0 Å². The van der Waals surface area contributed by atoms with E-state index in [9.17, 15) is 19.5 Å². The Morgan fingerprint density at radius 1 is 1.06 bits per heavy atom. The fourth-order valence-electron chi connectivity index (χ4n) is 4.26. The van der Waals surface area contributed by atoms with Crippen molar-refractivity contribution in [3.63, 3.8) is 0 Å². The predicted octanol–water partition coefficient (Wildman–Crippen LogP) is 4.16. The number of fused-ring (bicyclic) bond motifs is 3. The SMILES string of the molecule is COC(=O)COc1ccccc1[C@@H]1CC(=O)Oc2cc(O)c3c(=O)cc(-c4ccccc4)oc3c21. The molecule has 0 fully saturated rings. The molecule has 1 aliphatic heterocycles. The summed E-state index contributed by atoms with van der Waals surface area (Å²) in [5, 5.41) is 10.6. The van der Waals surface area contributed by atoms with Gasteiger partial charge >= 0.3 is 11.9 Å². The van der Waals surface area contributed by atoms with Crippen LogP contribution in [0, 0.1) is 0 Å². The summed E-state index contributed by atoms with van der Waals surface area (Å²) in [6.07, 6.45) is -0.0647. The molecule has 1 atom stereocenters. The number of phenolic OH excluding ortho intramolecular Hbond substituents is 1. The monoisotopic (exact) mass is 472 g/mol. The van der Waals surface area contributed by atoms with Gasteiger partial charge in [0.05, 0.1) is 13.5 Å². The van der Waals surface area contributed by atoms with Gasteiger partial charge in [-0.15, -0.1) is 0 Å². The number of aromatic hydroxyl groups is 1. The van der Waals surface area contributed by atoms with Crippen molar-refractivity contribution in [3.8, 4) is 28.6 Å². The molecule has 176 valence electrons. The van der Waals surface area contributed by atoms with E-state index in [0.717, 1.165) is 0 Å². The Kier molecular flexibility index (Phi) is 5.70. The molecule has 1 aliphatic rings. The molecular formula is C27H20O8. The Bertz CT molecular complexity index is 1500. The molecular weight excluding hydrogens is 452 g/mol. The lowest BCUT2D eigenvalue weighted by Gasteiger charge is -2.27. The lowest BCUT2D eigenvalue weighted by molar-refractivity contribution is -0.143. The van der Waals surface area contributed by atoms with E-state index in [1.807, 2.05) is 18.2 Å². The van der Waals surface area contributed by atoms with E-state index in [2.05, 4.69) is 4.74 Å². The van der Waals surface area contributed by atoms with E-state index in [1.165, 1.54) is 19.2 Å². The molecule has 0 saturated carbocycles. The largest absolute Gasteiger partial charge is 0.507 e. The van der Waals surface area contributed by atoms with Gasteiger partial charge in [-0.2, -0.15) is 0 Å². The third-order valence-corrected chi connectivity index (χ3v) is 5.85. The van der Waals surface area contributed by atoms with Gasteiger partial charge in [0, 0.05) is 34.7 Å². The summed E-state index contributed by atoms with van der Waals surface area (Å²) in [5.74, 6) is -1.30. The van der Waals surface area contributed by atoms with Crippen molar-refractivity contribution in [2.45, 2.75) is 12.3 Å². The average molecular weight is 472 g/mol. The third kappa shape index (κ3) is 4.10. The quantitative estimate of drug-likeness (QED) is 0.340. The van der Waals surface area contributed by atoms with Crippen LogP contribution in [0.4, 0.5) is 0 Å². The first-order valence-corrected chi connectivity index (χ1v) is 10.8. The topological polar surface area (TPSA) is 112 Å². The number of esters is 2. The summed E-state index contributed by atoms with van der Waals surface area (Å²) in [6, 6.07) is 18.6. The summed E-state index contributed by atoms with van der Waals surface area (Å²) in [7, 11) is 1.26. The molecule has 1 aromatic heterocycles. The number of para-hydroxylation sites is 1. The average Bonchev–Trinajstić information content (AvgIpc) is 2.87. The molecule has 3 aromatic carbocycles. The first-order chi connectivity index (χ1) is 17.0. The van der Waals surface area contributed by atoms with Gasteiger partial charge in [-0.1, -0.05) is 48.5 Å². The second-order valence-electron chi connectivity index (χ2n) is 7.99. The fraction of sp³-hybridized carbons (Fsp3) is 0.148. The Morgan fingerprint density at radius 3 is 2.57 bits per heavy atom. The van der Waals surface area contributed by atoms with Gasteiger partial charge in [0.15, 0.2) is 12.0 Å². The Balaban J connectivity index is 1.74. The van der Waals surface area contributed by atoms with Gasteiger partial charge < -0.3 is 23.7 Å². The normalized spacial score (nSPS) is 14.8. The number of hydrogen-bond donors (Lipinski definition) is 1. The molecule has 5 rings (SSSR count). The molecule has 4 aromatic rings. The molecule has 0 unspecified atom stereocenters. The highest BCUT2D eigenvalue weighted by Crippen LogP contribution is 2.47. The maximum Gasteiger partial charge on any atom is 0.343 e. The molecule has 0 aliphatic carbocycles. The zero-order valence-electron chi connectivity index (χ0n) is 18.6. The van der Waals surface area contributed by atoms with Crippen LogP contribution in [0.2, 0.25) is 0 Å². The summed E-state index contributed by atoms with van der Waals surface area (Å²) >= 11 is 0. The van der Waals surface area contributed by atoms with Gasteiger partial charge in [-0.3, -0.25) is 9.59 Å². The molecule has 0 amide bonds. The first kappa shape index (κ1) is 22.2. The number of ether oxygens (including phenoxy) is 3. The minimum atomic E-state index is -0.627. The van der Waals surface area contributed by atoms with Crippen LogP contribution < -0.4 is 14.9 Å². The van der Waals surface area contributed by atoms with Crippen LogP contribution in [0.15, 0.2) is 75.9 Å². The summed E-state index contributed by atoms with van der Waals surface area (Å²) < 4.78 is 22.0. The van der Waals surface area contributed by atoms with E-state index in [0.29, 0.717) is 28.2 Å². The van der Waals surface area contributed by atoms with Gasteiger partial charge in [0.1, 0.15) is 34.0 Å². The second-order valence-corrected chi connectivity index (χ2v) is 7.99. The van der Waals surface area contributed by atoms with Gasteiger partial charge in [-0.05, 0) is 6.07 Å². The van der Waals surface area contributed by atoms with Crippen LogP contribution in [-0.4, -0.2) is 30.8 Å². The van der Waals surface area contributed by atoms with Crippen LogP contribution in [0.3, 0.4) is 0 Å². The standard InChI is InChI=1S/C27H20O8/c1-32-24(31)14-33-20-10-6-5-9-16(20)17-11-23(30)34-22-13-19(29)26-18(28)12-21(35-27(26)25(17)22)15-7-3-2-4-8-15/h2-10,12-13,17,29H,11,14H2,1H3/t17-/m0/s1. The summed E-state index contributed by atoms with van der Waals surface area (Å²) in [6.45, 7) is -0.318. The van der Waals surface area contributed by atoms with Crippen molar-refractivity contribution in [2.75, 3.05) is 13.7 Å². The second kappa shape index (κ2) is 8.98. The van der Waals surface area contributed by atoms with Crippen LogP contribution in [0.25, 0.3) is 22.3 Å². The number of hydrogen-bond acceptors (Lipinski definition) is 8. The van der Waals surface area contributed by atoms with Crippen molar-refractivity contribution >= 4 is 22.9 Å². The van der Waals surface area contributed by atoms with E-state index in [1.54, 1.807) is 36.4 Å². The molecule has 0 radical (unpaired) electrons. The van der Waals surface area contributed by atoms with Crippen molar-refractivity contribution < 1.29 is 33.3 Å². The maximum atomic E-state index is 13.1. The molecule has 35 heavy (non-hydrogen) atoms. The van der Waals surface area contributed by atoms with Crippen LogP contribution in [0.1, 0.15) is 23.5 Å². The maximum absolute atomic E-state index is 13.1. The molecule has 1 N–H and O–H groups in total.